The average molecular weight is 294 g/mol. The molecule has 5 nitrogen and oxygen atoms in total. The summed E-state index contributed by atoms with van der Waals surface area (Å²) in [5.74, 6) is -1.12. The van der Waals surface area contributed by atoms with Gasteiger partial charge >= 0.3 is 0 Å². The summed E-state index contributed by atoms with van der Waals surface area (Å²) >= 11 is 0. The molecule has 2 amide bonds. The molecule has 114 valence electrons. The summed E-state index contributed by atoms with van der Waals surface area (Å²) in [6.45, 7) is 2.38. The largest absolute Gasteiger partial charge is 0.376 e. The number of nitrogens with zero attached hydrogens (tertiary/aromatic N) is 1. The topological polar surface area (TPSA) is 58.6 Å². The molecule has 0 aromatic heterocycles. The second-order valence-electron chi connectivity index (χ2n) is 5.06. The minimum absolute atomic E-state index is 0.0184. The Bertz CT molecular complexity index is 515. The van der Waals surface area contributed by atoms with Gasteiger partial charge in [-0.3, -0.25) is 9.59 Å². The summed E-state index contributed by atoms with van der Waals surface area (Å²) in [4.78, 5) is 25.0. The van der Waals surface area contributed by atoms with Gasteiger partial charge in [0.2, 0.25) is 11.8 Å². The first-order valence-electron chi connectivity index (χ1n) is 6.98. The number of hydrogen-bond donors (Lipinski definition) is 1. The van der Waals surface area contributed by atoms with Crippen molar-refractivity contribution < 1.29 is 18.7 Å². The highest BCUT2D eigenvalue weighted by molar-refractivity contribution is 5.94. The molecule has 1 atom stereocenters. The van der Waals surface area contributed by atoms with Crippen molar-refractivity contribution in [2.24, 2.45) is 0 Å². The van der Waals surface area contributed by atoms with Crippen LogP contribution in [0.1, 0.15) is 19.8 Å². The molecule has 0 bridgehead atoms. The molecule has 0 saturated carbocycles. The molecular formula is C15H19FN2O3. The van der Waals surface area contributed by atoms with Gasteiger partial charge in [0.05, 0.1) is 18.3 Å². The van der Waals surface area contributed by atoms with Crippen LogP contribution in [0, 0.1) is 5.82 Å². The highest BCUT2D eigenvalue weighted by Crippen LogP contribution is 2.14. The fourth-order valence-electron chi connectivity index (χ4n) is 2.26. The number of para-hydroxylation sites is 1. The number of anilines is 1. The first-order chi connectivity index (χ1) is 10.1. The van der Waals surface area contributed by atoms with E-state index in [4.69, 9.17) is 4.74 Å². The van der Waals surface area contributed by atoms with Crippen molar-refractivity contribution >= 4 is 17.5 Å². The van der Waals surface area contributed by atoms with Gasteiger partial charge in [-0.25, -0.2) is 4.39 Å². The van der Waals surface area contributed by atoms with Crippen LogP contribution in [0.15, 0.2) is 24.3 Å². The first-order valence-corrected chi connectivity index (χ1v) is 6.98. The maximum atomic E-state index is 13.5. The summed E-state index contributed by atoms with van der Waals surface area (Å²) in [7, 11) is 0. The maximum Gasteiger partial charge on any atom is 0.244 e. The van der Waals surface area contributed by atoms with E-state index in [1.54, 1.807) is 12.1 Å². The van der Waals surface area contributed by atoms with Crippen LogP contribution < -0.4 is 5.32 Å². The molecule has 0 aliphatic carbocycles. The van der Waals surface area contributed by atoms with Crippen LogP contribution >= 0.6 is 0 Å². The Kier molecular flexibility index (Phi) is 5.27. The molecule has 1 heterocycles. The number of nitrogens with one attached hydrogen (secondary N) is 1. The molecule has 1 aliphatic rings. The summed E-state index contributed by atoms with van der Waals surface area (Å²) in [6, 6.07) is 5.92. The van der Waals surface area contributed by atoms with E-state index in [-0.39, 0.29) is 24.2 Å². The van der Waals surface area contributed by atoms with E-state index >= 15 is 0 Å². The summed E-state index contributed by atoms with van der Waals surface area (Å²) in [5.41, 5.74) is 0.114. The number of halogens is 1. The standard InChI is InChI=1S/C15H19FN2O3/c1-11(19)18(9-12-5-4-8-21-12)10-15(20)17-14-7-3-2-6-13(14)16/h2-3,6-7,12H,4-5,8-10H2,1H3,(H,17,20). The minimum atomic E-state index is -0.501. The monoisotopic (exact) mass is 294 g/mol. The molecule has 1 fully saturated rings. The lowest BCUT2D eigenvalue weighted by molar-refractivity contribution is -0.134. The molecule has 2 rings (SSSR count). The van der Waals surface area contributed by atoms with E-state index in [9.17, 15) is 14.0 Å². The van der Waals surface area contributed by atoms with Gasteiger partial charge < -0.3 is 15.0 Å². The first kappa shape index (κ1) is 15.4. The number of hydrogen-bond acceptors (Lipinski definition) is 3. The predicted molar refractivity (Wildman–Crippen MR) is 76.3 cm³/mol. The Hall–Kier alpha value is -1.95. The molecule has 1 unspecified atom stereocenters. The van der Waals surface area contributed by atoms with E-state index in [0.717, 1.165) is 12.8 Å². The zero-order valence-corrected chi connectivity index (χ0v) is 12.0. The van der Waals surface area contributed by atoms with E-state index in [1.165, 1.54) is 24.0 Å². The molecule has 1 N–H and O–H groups in total. The Balaban J connectivity index is 1.91. The fourth-order valence-corrected chi connectivity index (χ4v) is 2.26. The van der Waals surface area contributed by atoms with Gasteiger partial charge in [0.1, 0.15) is 5.82 Å². The van der Waals surface area contributed by atoms with Crippen molar-refractivity contribution in [3.8, 4) is 0 Å². The van der Waals surface area contributed by atoms with E-state index < -0.39 is 11.7 Å². The minimum Gasteiger partial charge on any atom is -0.376 e. The SMILES string of the molecule is CC(=O)N(CC(=O)Nc1ccccc1F)CC1CCCO1. The third-order valence-electron chi connectivity index (χ3n) is 3.38. The van der Waals surface area contributed by atoms with Gasteiger partial charge in [0.15, 0.2) is 0 Å². The van der Waals surface area contributed by atoms with Crippen LogP contribution in [0.4, 0.5) is 10.1 Å². The Morgan fingerprint density at radius 3 is 2.81 bits per heavy atom. The Labute approximate surface area is 123 Å². The number of carbonyl (C=O) groups excluding carboxylic acids is 2. The molecule has 0 spiro atoms. The van der Waals surface area contributed by atoms with Crippen LogP contribution in [0.25, 0.3) is 0 Å². The average Bonchev–Trinajstić information content (AvgIpc) is 2.93. The lowest BCUT2D eigenvalue weighted by atomic mass is 10.2. The normalized spacial score (nSPS) is 17.5. The molecule has 1 aromatic rings. The van der Waals surface area contributed by atoms with E-state index in [1.807, 2.05) is 0 Å². The zero-order valence-electron chi connectivity index (χ0n) is 12.0. The van der Waals surface area contributed by atoms with Crippen LogP contribution in [0.2, 0.25) is 0 Å². The molecule has 1 aliphatic heterocycles. The van der Waals surface area contributed by atoms with E-state index in [0.29, 0.717) is 13.2 Å². The van der Waals surface area contributed by atoms with Gasteiger partial charge in [-0.15, -0.1) is 0 Å². The number of rotatable bonds is 5. The van der Waals surface area contributed by atoms with Gasteiger partial charge in [0, 0.05) is 20.1 Å². The van der Waals surface area contributed by atoms with Crippen LogP contribution in [-0.4, -0.2) is 42.5 Å². The Morgan fingerprint density at radius 2 is 2.19 bits per heavy atom. The van der Waals surface area contributed by atoms with Crippen molar-refractivity contribution in [2.45, 2.75) is 25.9 Å². The van der Waals surface area contributed by atoms with Crippen molar-refractivity contribution in [1.82, 2.24) is 4.90 Å². The van der Waals surface area contributed by atoms with Crippen molar-refractivity contribution in [3.05, 3.63) is 30.1 Å². The van der Waals surface area contributed by atoms with Gasteiger partial charge in [0.25, 0.3) is 0 Å². The molecule has 6 heteroatoms. The number of ether oxygens (including phenoxy) is 1. The second-order valence-corrected chi connectivity index (χ2v) is 5.06. The molecular weight excluding hydrogens is 275 g/mol. The van der Waals surface area contributed by atoms with Gasteiger partial charge in [-0.2, -0.15) is 0 Å². The third-order valence-corrected chi connectivity index (χ3v) is 3.38. The highest BCUT2D eigenvalue weighted by Gasteiger charge is 2.22. The molecule has 21 heavy (non-hydrogen) atoms. The quantitative estimate of drug-likeness (QED) is 0.900. The zero-order chi connectivity index (χ0) is 15.2. The number of benzene rings is 1. The molecule has 0 radical (unpaired) electrons. The molecule has 1 aromatic carbocycles. The predicted octanol–water partition coefficient (Wildman–Crippen LogP) is 1.79. The van der Waals surface area contributed by atoms with Crippen molar-refractivity contribution in [2.75, 3.05) is 25.0 Å². The summed E-state index contributed by atoms with van der Waals surface area (Å²) < 4.78 is 18.9. The lowest BCUT2D eigenvalue weighted by Crippen LogP contribution is -2.41. The van der Waals surface area contributed by atoms with Gasteiger partial charge in [-0.05, 0) is 25.0 Å². The van der Waals surface area contributed by atoms with Crippen molar-refractivity contribution in [3.63, 3.8) is 0 Å². The lowest BCUT2D eigenvalue weighted by Gasteiger charge is -2.23. The highest BCUT2D eigenvalue weighted by atomic mass is 19.1. The number of amides is 2. The van der Waals surface area contributed by atoms with Crippen LogP contribution in [-0.2, 0) is 14.3 Å². The Morgan fingerprint density at radius 1 is 1.43 bits per heavy atom. The smallest absolute Gasteiger partial charge is 0.244 e. The van der Waals surface area contributed by atoms with Crippen LogP contribution in [0.3, 0.4) is 0 Å². The van der Waals surface area contributed by atoms with E-state index in [2.05, 4.69) is 5.32 Å². The third kappa shape index (κ3) is 4.53. The summed E-state index contributed by atoms with van der Waals surface area (Å²) in [6.07, 6.45) is 1.84. The van der Waals surface area contributed by atoms with Crippen LogP contribution in [0.5, 0.6) is 0 Å². The summed E-state index contributed by atoms with van der Waals surface area (Å²) in [5, 5.41) is 2.47. The van der Waals surface area contributed by atoms with Crippen molar-refractivity contribution in [1.29, 1.82) is 0 Å². The molecule has 1 saturated heterocycles. The number of carbonyl (C=O) groups is 2. The fraction of sp³-hybridized carbons (Fsp3) is 0.467. The second kappa shape index (κ2) is 7.17. The maximum absolute atomic E-state index is 13.5. The van der Waals surface area contributed by atoms with Gasteiger partial charge in [-0.1, -0.05) is 12.1 Å².